The van der Waals surface area contributed by atoms with E-state index in [0.717, 1.165) is 18.0 Å². The van der Waals surface area contributed by atoms with E-state index in [0.29, 0.717) is 0 Å². The molecule has 1 aliphatic carbocycles. The molecule has 1 saturated heterocycles. The zero-order chi connectivity index (χ0) is 9.97. The van der Waals surface area contributed by atoms with Gasteiger partial charge in [0.2, 0.25) is 0 Å². The van der Waals surface area contributed by atoms with Crippen LogP contribution in [0.3, 0.4) is 0 Å². The molecule has 1 aliphatic heterocycles. The Morgan fingerprint density at radius 3 is 2.57 bits per heavy atom. The number of piperidine rings is 1. The van der Waals surface area contributed by atoms with Crippen LogP contribution in [0.15, 0.2) is 0 Å². The number of rotatable bonds is 3. The molecule has 1 N–H and O–H groups in total. The summed E-state index contributed by atoms with van der Waals surface area (Å²) in [6.45, 7) is 4.88. The van der Waals surface area contributed by atoms with Gasteiger partial charge in [-0.05, 0) is 52.1 Å². The Kier molecular flexibility index (Phi) is 3.45. The minimum Gasteiger partial charge on any atom is -0.314 e. The predicted molar refractivity (Wildman–Crippen MR) is 60.5 cm³/mol. The normalized spacial score (nSPS) is 34.5. The van der Waals surface area contributed by atoms with Crippen molar-refractivity contribution in [1.82, 2.24) is 10.2 Å². The smallest absolute Gasteiger partial charge is 0.00923 e. The molecule has 0 aromatic heterocycles. The molecule has 14 heavy (non-hydrogen) atoms. The molecule has 0 aromatic carbocycles. The van der Waals surface area contributed by atoms with Crippen molar-refractivity contribution in [3.8, 4) is 0 Å². The van der Waals surface area contributed by atoms with Crippen molar-refractivity contribution in [2.75, 3.05) is 20.1 Å². The molecule has 1 saturated carbocycles. The lowest BCUT2D eigenvalue weighted by molar-refractivity contribution is 0.117. The van der Waals surface area contributed by atoms with E-state index >= 15 is 0 Å². The Labute approximate surface area is 88.1 Å². The molecule has 1 heterocycles. The van der Waals surface area contributed by atoms with E-state index in [2.05, 4.69) is 24.2 Å². The molecule has 2 heteroatoms. The predicted octanol–water partition coefficient (Wildman–Crippen LogP) is 1.86. The maximum atomic E-state index is 3.59. The van der Waals surface area contributed by atoms with Gasteiger partial charge in [-0.2, -0.15) is 0 Å². The Morgan fingerprint density at radius 2 is 2.00 bits per heavy atom. The van der Waals surface area contributed by atoms with Crippen LogP contribution in [0.2, 0.25) is 0 Å². The van der Waals surface area contributed by atoms with Crippen LogP contribution in [0.25, 0.3) is 0 Å². The number of nitrogens with one attached hydrogen (secondary N) is 1. The molecule has 82 valence electrons. The standard InChI is InChI=1S/C12H24N2/c1-10-11(5-4-8-13-10)9-14(2)12-6-3-7-12/h10-13H,3-9H2,1-2H3. The summed E-state index contributed by atoms with van der Waals surface area (Å²) in [6.07, 6.45) is 7.11. The number of hydrogen-bond acceptors (Lipinski definition) is 2. The Bertz CT molecular complexity index is 177. The maximum Gasteiger partial charge on any atom is 0.00923 e. The molecule has 0 spiro atoms. The highest BCUT2D eigenvalue weighted by atomic mass is 15.1. The van der Waals surface area contributed by atoms with Crippen molar-refractivity contribution in [1.29, 1.82) is 0 Å². The Balaban J connectivity index is 1.76. The van der Waals surface area contributed by atoms with Crippen LogP contribution in [0.5, 0.6) is 0 Å². The second-order valence-corrected chi connectivity index (χ2v) is 5.17. The monoisotopic (exact) mass is 196 g/mol. The van der Waals surface area contributed by atoms with Gasteiger partial charge >= 0.3 is 0 Å². The van der Waals surface area contributed by atoms with Crippen molar-refractivity contribution >= 4 is 0 Å². The van der Waals surface area contributed by atoms with E-state index in [9.17, 15) is 0 Å². The third-order valence-corrected chi connectivity index (χ3v) is 4.15. The summed E-state index contributed by atoms with van der Waals surface area (Å²) in [5.41, 5.74) is 0. The summed E-state index contributed by atoms with van der Waals surface area (Å²) in [5.74, 6) is 0.884. The second kappa shape index (κ2) is 4.63. The summed E-state index contributed by atoms with van der Waals surface area (Å²) in [5, 5.41) is 3.59. The van der Waals surface area contributed by atoms with Gasteiger partial charge < -0.3 is 10.2 Å². The average Bonchev–Trinajstić information content (AvgIpc) is 2.05. The van der Waals surface area contributed by atoms with Crippen molar-refractivity contribution in [2.45, 2.75) is 51.1 Å². The lowest BCUT2D eigenvalue weighted by Crippen LogP contribution is -2.47. The van der Waals surface area contributed by atoms with Gasteiger partial charge in [0.05, 0.1) is 0 Å². The maximum absolute atomic E-state index is 3.59. The summed E-state index contributed by atoms with van der Waals surface area (Å²) in [6, 6.07) is 1.63. The van der Waals surface area contributed by atoms with Gasteiger partial charge in [0.25, 0.3) is 0 Å². The molecule has 2 rings (SSSR count). The summed E-state index contributed by atoms with van der Waals surface area (Å²) in [7, 11) is 2.31. The van der Waals surface area contributed by atoms with Crippen LogP contribution in [-0.2, 0) is 0 Å². The van der Waals surface area contributed by atoms with Gasteiger partial charge in [-0.3, -0.25) is 0 Å². The molecule has 2 unspecified atom stereocenters. The average molecular weight is 196 g/mol. The lowest BCUT2D eigenvalue weighted by atomic mass is 9.88. The van der Waals surface area contributed by atoms with Gasteiger partial charge in [0.15, 0.2) is 0 Å². The molecular weight excluding hydrogens is 172 g/mol. The van der Waals surface area contributed by atoms with E-state index in [-0.39, 0.29) is 0 Å². The van der Waals surface area contributed by atoms with Crippen LogP contribution in [0, 0.1) is 5.92 Å². The largest absolute Gasteiger partial charge is 0.314 e. The number of nitrogens with zero attached hydrogens (tertiary/aromatic N) is 1. The van der Waals surface area contributed by atoms with Crippen LogP contribution in [0.1, 0.15) is 39.0 Å². The third-order valence-electron chi connectivity index (χ3n) is 4.15. The fourth-order valence-electron chi connectivity index (χ4n) is 2.71. The number of hydrogen-bond donors (Lipinski definition) is 1. The molecule has 2 atom stereocenters. The highest BCUT2D eigenvalue weighted by Gasteiger charge is 2.27. The van der Waals surface area contributed by atoms with Crippen LogP contribution >= 0.6 is 0 Å². The van der Waals surface area contributed by atoms with Gasteiger partial charge in [0, 0.05) is 18.6 Å². The first-order valence-electron chi connectivity index (χ1n) is 6.21. The minimum absolute atomic E-state index is 0.728. The molecule has 0 bridgehead atoms. The van der Waals surface area contributed by atoms with Crippen molar-refractivity contribution < 1.29 is 0 Å². The Hall–Kier alpha value is -0.0800. The van der Waals surface area contributed by atoms with Gasteiger partial charge in [0.1, 0.15) is 0 Å². The summed E-state index contributed by atoms with van der Waals surface area (Å²) < 4.78 is 0. The first-order valence-corrected chi connectivity index (χ1v) is 6.21. The fourth-order valence-corrected chi connectivity index (χ4v) is 2.71. The van der Waals surface area contributed by atoms with E-state index in [1.54, 1.807) is 0 Å². The minimum atomic E-state index is 0.728. The SMILES string of the molecule is CC1NCCCC1CN(C)C1CCC1. The van der Waals surface area contributed by atoms with Gasteiger partial charge in [-0.15, -0.1) is 0 Å². The zero-order valence-corrected chi connectivity index (χ0v) is 9.63. The molecule has 0 radical (unpaired) electrons. The quantitative estimate of drug-likeness (QED) is 0.741. The van der Waals surface area contributed by atoms with Crippen LogP contribution in [-0.4, -0.2) is 37.1 Å². The van der Waals surface area contributed by atoms with Crippen LogP contribution in [0.4, 0.5) is 0 Å². The third kappa shape index (κ3) is 2.29. The van der Waals surface area contributed by atoms with E-state index in [1.807, 2.05) is 0 Å². The van der Waals surface area contributed by atoms with E-state index in [1.165, 1.54) is 45.2 Å². The topological polar surface area (TPSA) is 15.3 Å². The highest BCUT2D eigenvalue weighted by molar-refractivity contribution is 4.84. The van der Waals surface area contributed by atoms with Gasteiger partial charge in [-0.25, -0.2) is 0 Å². The van der Waals surface area contributed by atoms with E-state index in [4.69, 9.17) is 0 Å². The second-order valence-electron chi connectivity index (χ2n) is 5.17. The summed E-state index contributed by atoms with van der Waals surface area (Å²) in [4.78, 5) is 2.59. The fraction of sp³-hybridized carbons (Fsp3) is 1.00. The first kappa shape index (κ1) is 10.4. The first-order chi connectivity index (χ1) is 6.77. The zero-order valence-electron chi connectivity index (χ0n) is 9.63. The molecule has 2 aliphatic rings. The molecule has 0 amide bonds. The van der Waals surface area contributed by atoms with Crippen molar-refractivity contribution in [3.05, 3.63) is 0 Å². The Morgan fingerprint density at radius 1 is 1.21 bits per heavy atom. The van der Waals surface area contributed by atoms with Crippen molar-refractivity contribution in [3.63, 3.8) is 0 Å². The van der Waals surface area contributed by atoms with Gasteiger partial charge in [-0.1, -0.05) is 6.42 Å². The lowest BCUT2D eigenvalue weighted by Gasteiger charge is -2.39. The molecule has 0 aromatic rings. The van der Waals surface area contributed by atoms with Crippen LogP contribution < -0.4 is 5.32 Å². The van der Waals surface area contributed by atoms with Crippen molar-refractivity contribution in [2.24, 2.45) is 5.92 Å². The molecular formula is C12H24N2. The molecule has 2 nitrogen and oxygen atoms in total. The molecule has 2 fully saturated rings. The summed E-state index contributed by atoms with van der Waals surface area (Å²) >= 11 is 0. The van der Waals surface area contributed by atoms with E-state index < -0.39 is 0 Å². The highest BCUT2D eigenvalue weighted by Crippen LogP contribution is 2.26.